The van der Waals surface area contributed by atoms with E-state index in [1.54, 1.807) is 44.6 Å². The highest BCUT2D eigenvalue weighted by Gasteiger charge is 2.11. The summed E-state index contributed by atoms with van der Waals surface area (Å²) in [6, 6.07) is 14.5. The van der Waals surface area contributed by atoms with Crippen molar-refractivity contribution in [1.29, 1.82) is 0 Å². The zero-order valence-corrected chi connectivity index (χ0v) is 15.3. The quantitative estimate of drug-likeness (QED) is 0.692. The van der Waals surface area contributed by atoms with Gasteiger partial charge in [-0.05, 0) is 36.8 Å². The molecule has 7 nitrogen and oxygen atoms in total. The molecule has 3 rings (SSSR count). The molecule has 1 aromatic heterocycles. The fourth-order valence-electron chi connectivity index (χ4n) is 2.50. The third-order valence-corrected chi connectivity index (χ3v) is 3.85. The number of carbonyl (C=O) groups is 1. The molecule has 27 heavy (non-hydrogen) atoms. The molecule has 0 aliphatic carbocycles. The van der Waals surface area contributed by atoms with Gasteiger partial charge in [0.25, 0.3) is 5.91 Å². The van der Waals surface area contributed by atoms with Gasteiger partial charge in [0, 0.05) is 17.8 Å². The number of hydrogen-bond acceptors (Lipinski definition) is 6. The van der Waals surface area contributed by atoms with E-state index in [2.05, 4.69) is 20.6 Å². The third kappa shape index (κ3) is 4.52. The fourth-order valence-corrected chi connectivity index (χ4v) is 2.50. The summed E-state index contributed by atoms with van der Waals surface area (Å²) in [5.74, 6) is 1.49. The van der Waals surface area contributed by atoms with Crippen LogP contribution in [0.1, 0.15) is 16.1 Å². The number of nitrogens with zero attached hydrogens (tertiary/aromatic N) is 2. The Labute approximate surface area is 157 Å². The molecule has 0 unspecified atom stereocenters. The maximum absolute atomic E-state index is 12.5. The lowest BCUT2D eigenvalue weighted by atomic mass is 10.2. The first-order chi connectivity index (χ1) is 13.1. The highest BCUT2D eigenvalue weighted by Crippen LogP contribution is 2.28. The molecule has 7 heteroatoms. The zero-order chi connectivity index (χ0) is 19.2. The van der Waals surface area contributed by atoms with Crippen molar-refractivity contribution in [2.45, 2.75) is 6.92 Å². The van der Waals surface area contributed by atoms with Gasteiger partial charge in [0.05, 0.1) is 19.9 Å². The molecule has 1 amide bonds. The molecule has 0 saturated heterocycles. The summed E-state index contributed by atoms with van der Waals surface area (Å²) < 4.78 is 10.5. The zero-order valence-electron chi connectivity index (χ0n) is 15.3. The second-order valence-electron chi connectivity index (χ2n) is 5.80. The molecule has 0 saturated carbocycles. The van der Waals surface area contributed by atoms with E-state index in [-0.39, 0.29) is 11.6 Å². The lowest BCUT2D eigenvalue weighted by molar-refractivity contribution is 0.102. The van der Waals surface area contributed by atoms with E-state index in [1.807, 2.05) is 25.1 Å². The lowest BCUT2D eigenvalue weighted by Crippen LogP contribution is -2.14. The van der Waals surface area contributed by atoms with E-state index in [0.717, 1.165) is 11.3 Å². The summed E-state index contributed by atoms with van der Waals surface area (Å²) in [6.45, 7) is 1.98. The number of hydrogen-bond donors (Lipinski definition) is 2. The predicted octanol–water partition coefficient (Wildman–Crippen LogP) is 3.80. The average molecular weight is 364 g/mol. The van der Waals surface area contributed by atoms with Crippen LogP contribution in [0, 0.1) is 6.92 Å². The first-order valence-electron chi connectivity index (χ1n) is 8.28. The topological polar surface area (TPSA) is 85.4 Å². The minimum absolute atomic E-state index is 0.238. The summed E-state index contributed by atoms with van der Waals surface area (Å²) in [5.41, 5.74) is 2.69. The van der Waals surface area contributed by atoms with Gasteiger partial charge in [-0.3, -0.25) is 4.79 Å². The van der Waals surface area contributed by atoms with Crippen molar-refractivity contribution in [2.24, 2.45) is 0 Å². The molecular formula is C20H20N4O3. The summed E-state index contributed by atoms with van der Waals surface area (Å²) in [5, 5.41) is 5.96. The van der Waals surface area contributed by atoms with Gasteiger partial charge in [-0.2, -0.15) is 0 Å². The van der Waals surface area contributed by atoms with E-state index in [4.69, 9.17) is 9.47 Å². The summed E-state index contributed by atoms with van der Waals surface area (Å²) in [6.07, 6.45) is 1.34. The molecule has 0 spiro atoms. The molecule has 1 heterocycles. The Bertz CT molecular complexity index is 959. The van der Waals surface area contributed by atoms with Crippen LogP contribution in [0.2, 0.25) is 0 Å². The van der Waals surface area contributed by atoms with Gasteiger partial charge in [-0.25, -0.2) is 9.97 Å². The van der Waals surface area contributed by atoms with E-state index in [1.165, 1.54) is 6.33 Å². The maximum atomic E-state index is 12.5. The van der Waals surface area contributed by atoms with Crippen LogP contribution in [-0.2, 0) is 0 Å². The Balaban J connectivity index is 1.79. The SMILES string of the molecule is COc1cccc(NC(=O)c2cc(Nc3cc(C)ccc3OC)ncn2)c1. The number of aryl methyl sites for hydroxylation is 1. The molecule has 3 aromatic rings. The maximum Gasteiger partial charge on any atom is 0.274 e. The highest BCUT2D eigenvalue weighted by molar-refractivity contribution is 6.03. The van der Waals surface area contributed by atoms with Crippen molar-refractivity contribution in [2.75, 3.05) is 24.9 Å². The standard InChI is InChI=1S/C20H20N4O3/c1-13-7-8-18(27-3)16(9-13)24-19-11-17(21-12-22-19)20(25)23-14-5-4-6-15(10-14)26-2/h4-12H,1-3H3,(H,23,25)(H,21,22,24). The van der Waals surface area contributed by atoms with E-state index < -0.39 is 0 Å². The Morgan fingerprint density at radius 1 is 1.00 bits per heavy atom. The number of methoxy groups -OCH3 is 2. The van der Waals surface area contributed by atoms with Crippen molar-refractivity contribution < 1.29 is 14.3 Å². The van der Waals surface area contributed by atoms with Gasteiger partial charge in [0.1, 0.15) is 29.3 Å². The Hall–Kier alpha value is -3.61. The molecular weight excluding hydrogens is 344 g/mol. The van der Waals surface area contributed by atoms with Gasteiger partial charge < -0.3 is 20.1 Å². The first kappa shape index (κ1) is 18.2. The summed E-state index contributed by atoms with van der Waals surface area (Å²) in [4.78, 5) is 20.7. The molecule has 0 radical (unpaired) electrons. The molecule has 0 bridgehead atoms. The van der Waals surface area contributed by atoms with E-state index >= 15 is 0 Å². The van der Waals surface area contributed by atoms with Gasteiger partial charge in [-0.1, -0.05) is 12.1 Å². The second kappa shape index (κ2) is 8.18. The average Bonchev–Trinajstić information content (AvgIpc) is 2.68. The number of carbonyl (C=O) groups excluding carboxylic acids is 1. The molecule has 138 valence electrons. The van der Waals surface area contributed by atoms with Gasteiger partial charge >= 0.3 is 0 Å². The smallest absolute Gasteiger partial charge is 0.274 e. The Kier molecular flexibility index (Phi) is 5.51. The molecule has 0 atom stereocenters. The fraction of sp³-hybridized carbons (Fsp3) is 0.150. The van der Waals surface area contributed by atoms with E-state index in [9.17, 15) is 4.79 Å². The molecule has 0 aliphatic rings. The monoisotopic (exact) mass is 364 g/mol. The van der Waals surface area contributed by atoms with Crippen molar-refractivity contribution in [1.82, 2.24) is 9.97 Å². The van der Waals surface area contributed by atoms with Crippen LogP contribution < -0.4 is 20.1 Å². The van der Waals surface area contributed by atoms with Crippen molar-refractivity contribution >= 4 is 23.1 Å². The van der Waals surface area contributed by atoms with E-state index in [0.29, 0.717) is 23.0 Å². The molecule has 0 fully saturated rings. The Morgan fingerprint density at radius 2 is 1.85 bits per heavy atom. The van der Waals surface area contributed by atoms with Crippen molar-refractivity contribution in [3.05, 3.63) is 66.1 Å². The molecule has 2 aromatic carbocycles. The number of benzene rings is 2. The number of anilines is 3. The second-order valence-corrected chi connectivity index (χ2v) is 5.80. The summed E-state index contributed by atoms with van der Waals surface area (Å²) in [7, 11) is 3.17. The minimum atomic E-state index is -0.343. The van der Waals surface area contributed by atoms with Crippen LogP contribution in [0.5, 0.6) is 11.5 Å². The van der Waals surface area contributed by atoms with Gasteiger partial charge in [-0.15, -0.1) is 0 Å². The number of ether oxygens (including phenoxy) is 2. The number of aromatic nitrogens is 2. The van der Waals surface area contributed by atoms with Gasteiger partial charge in [0.2, 0.25) is 0 Å². The van der Waals surface area contributed by atoms with Crippen molar-refractivity contribution in [3.8, 4) is 11.5 Å². The first-order valence-corrected chi connectivity index (χ1v) is 8.28. The number of rotatable bonds is 6. The largest absolute Gasteiger partial charge is 0.497 e. The highest BCUT2D eigenvalue weighted by atomic mass is 16.5. The van der Waals surface area contributed by atoms with Crippen LogP contribution in [0.4, 0.5) is 17.2 Å². The normalized spacial score (nSPS) is 10.2. The third-order valence-electron chi connectivity index (χ3n) is 3.85. The van der Waals surface area contributed by atoms with Gasteiger partial charge in [0.15, 0.2) is 0 Å². The van der Waals surface area contributed by atoms with Crippen molar-refractivity contribution in [3.63, 3.8) is 0 Å². The summed E-state index contributed by atoms with van der Waals surface area (Å²) >= 11 is 0. The van der Waals surface area contributed by atoms with Crippen LogP contribution in [0.25, 0.3) is 0 Å². The molecule has 2 N–H and O–H groups in total. The predicted molar refractivity (Wildman–Crippen MR) is 104 cm³/mol. The lowest BCUT2D eigenvalue weighted by Gasteiger charge is -2.12. The van der Waals surface area contributed by atoms with Crippen LogP contribution in [0.15, 0.2) is 54.9 Å². The Morgan fingerprint density at radius 3 is 2.63 bits per heavy atom. The number of amides is 1. The minimum Gasteiger partial charge on any atom is -0.497 e. The van der Waals surface area contributed by atoms with Crippen LogP contribution in [0.3, 0.4) is 0 Å². The van der Waals surface area contributed by atoms with Crippen LogP contribution >= 0.6 is 0 Å². The molecule has 0 aliphatic heterocycles. The number of nitrogens with one attached hydrogen (secondary N) is 2. The van der Waals surface area contributed by atoms with Crippen LogP contribution in [-0.4, -0.2) is 30.1 Å².